The number of nitrogens with one attached hydrogen (secondary N) is 1. The fourth-order valence-electron chi connectivity index (χ4n) is 4.14. The molecule has 10 heteroatoms. The number of aryl methyl sites for hydroxylation is 1. The van der Waals surface area contributed by atoms with Crippen LogP contribution in [0.15, 0.2) is 35.3 Å². The van der Waals surface area contributed by atoms with Crippen LogP contribution in [0.25, 0.3) is 10.9 Å². The minimum absolute atomic E-state index is 0.0321. The van der Waals surface area contributed by atoms with Gasteiger partial charge in [-0.1, -0.05) is 25.4 Å². The molecule has 1 fully saturated rings. The maximum atomic E-state index is 12.7. The zero-order chi connectivity index (χ0) is 24.9. The number of benzene rings is 1. The van der Waals surface area contributed by atoms with Crippen LogP contribution in [0.4, 0.5) is 17.5 Å². The van der Waals surface area contributed by atoms with E-state index in [1.165, 1.54) is 4.57 Å². The Morgan fingerprint density at radius 3 is 2.66 bits per heavy atom. The monoisotopic (exact) mass is 498 g/mol. The van der Waals surface area contributed by atoms with Crippen molar-refractivity contribution in [1.82, 2.24) is 19.4 Å². The summed E-state index contributed by atoms with van der Waals surface area (Å²) in [5, 5.41) is 4.49. The van der Waals surface area contributed by atoms with Gasteiger partial charge < -0.3 is 24.4 Å². The first-order valence-corrected chi connectivity index (χ1v) is 12.3. The number of hydrogen-bond acceptors (Lipinski definition) is 8. The van der Waals surface area contributed by atoms with Crippen molar-refractivity contribution in [2.24, 2.45) is 7.05 Å². The molecule has 186 valence electrons. The highest BCUT2D eigenvalue weighted by atomic mass is 35.5. The number of aromatic nitrogens is 3. The highest BCUT2D eigenvalue weighted by molar-refractivity contribution is 6.32. The number of rotatable bonds is 9. The van der Waals surface area contributed by atoms with E-state index in [0.29, 0.717) is 23.2 Å². The lowest BCUT2D eigenvalue weighted by molar-refractivity contribution is -0.121. The van der Waals surface area contributed by atoms with Crippen molar-refractivity contribution in [3.8, 4) is 5.75 Å². The van der Waals surface area contributed by atoms with Crippen LogP contribution in [0.1, 0.15) is 26.7 Å². The van der Waals surface area contributed by atoms with Gasteiger partial charge in [0.2, 0.25) is 5.95 Å². The lowest BCUT2D eigenvalue weighted by atomic mass is 10.2. The number of hydrogen-bond donors (Lipinski definition) is 1. The molecule has 1 aromatic carbocycles. The Hall–Kier alpha value is -3.17. The Labute approximate surface area is 209 Å². The number of piperazine rings is 1. The number of anilines is 3. The van der Waals surface area contributed by atoms with Crippen LogP contribution in [0.2, 0.25) is 5.02 Å². The number of ether oxygens (including phenoxy) is 1. The van der Waals surface area contributed by atoms with Gasteiger partial charge >= 0.3 is 0 Å². The molecule has 0 spiro atoms. The Bertz CT molecular complexity index is 1270. The van der Waals surface area contributed by atoms with E-state index in [9.17, 15) is 9.59 Å². The molecule has 4 rings (SSSR count). The zero-order valence-electron chi connectivity index (χ0n) is 20.4. The highest BCUT2D eigenvalue weighted by Crippen LogP contribution is 2.28. The normalized spacial score (nSPS) is 14.3. The zero-order valence-corrected chi connectivity index (χ0v) is 21.1. The molecule has 2 aromatic heterocycles. The maximum absolute atomic E-state index is 12.7. The summed E-state index contributed by atoms with van der Waals surface area (Å²) in [6.45, 7) is 8.70. The summed E-state index contributed by atoms with van der Waals surface area (Å²) >= 11 is 6.41. The van der Waals surface area contributed by atoms with Gasteiger partial charge in [0.25, 0.3) is 5.56 Å². The quantitative estimate of drug-likeness (QED) is 0.478. The molecule has 1 N–H and O–H groups in total. The number of nitrogens with zero attached hydrogens (tertiary/aromatic N) is 5. The van der Waals surface area contributed by atoms with Crippen molar-refractivity contribution in [2.45, 2.75) is 26.7 Å². The SMILES string of the molecule is CCCC(=O)COc1cc2cc(Nc3nc(N4CCN(CC)CC4)ncc3Cl)ccc2n(C)c1=O. The molecule has 0 aliphatic carbocycles. The Morgan fingerprint density at radius 2 is 1.94 bits per heavy atom. The van der Waals surface area contributed by atoms with Crippen LogP contribution in [-0.2, 0) is 11.8 Å². The van der Waals surface area contributed by atoms with Gasteiger partial charge in [-0.05, 0) is 37.2 Å². The number of carbonyl (C=O) groups is 1. The molecular formula is C25H31ClN6O3. The third-order valence-electron chi connectivity index (χ3n) is 6.20. The smallest absolute Gasteiger partial charge is 0.293 e. The van der Waals surface area contributed by atoms with E-state index >= 15 is 0 Å². The molecule has 1 saturated heterocycles. The van der Waals surface area contributed by atoms with Crippen LogP contribution in [-0.4, -0.2) is 64.5 Å². The van der Waals surface area contributed by atoms with Gasteiger partial charge in [0.15, 0.2) is 17.4 Å². The molecule has 0 atom stereocenters. The van der Waals surface area contributed by atoms with Gasteiger partial charge in [-0.15, -0.1) is 0 Å². The summed E-state index contributed by atoms with van der Waals surface area (Å²) < 4.78 is 7.08. The van der Waals surface area contributed by atoms with Crippen LogP contribution in [0.5, 0.6) is 5.75 Å². The van der Waals surface area contributed by atoms with E-state index in [1.807, 2.05) is 25.1 Å². The second-order valence-electron chi connectivity index (χ2n) is 8.64. The number of ketones is 1. The predicted octanol–water partition coefficient (Wildman–Crippen LogP) is 3.62. The van der Waals surface area contributed by atoms with E-state index in [4.69, 9.17) is 16.3 Å². The third kappa shape index (κ3) is 5.74. The second-order valence-corrected chi connectivity index (χ2v) is 9.04. The van der Waals surface area contributed by atoms with Crippen LogP contribution in [0.3, 0.4) is 0 Å². The largest absolute Gasteiger partial charge is 0.480 e. The molecule has 1 aliphatic rings. The first kappa shape index (κ1) is 24.9. The second kappa shape index (κ2) is 11.0. The van der Waals surface area contributed by atoms with Gasteiger partial charge in [-0.25, -0.2) is 4.98 Å². The van der Waals surface area contributed by atoms with Crippen LogP contribution in [0, 0.1) is 0 Å². The first-order chi connectivity index (χ1) is 16.9. The minimum atomic E-state index is -0.283. The van der Waals surface area contributed by atoms with Crippen molar-refractivity contribution in [1.29, 1.82) is 0 Å². The average molecular weight is 499 g/mol. The summed E-state index contributed by atoms with van der Waals surface area (Å²) in [5.41, 5.74) is 1.22. The van der Waals surface area contributed by atoms with Crippen molar-refractivity contribution >= 4 is 45.7 Å². The molecule has 3 heterocycles. The van der Waals surface area contributed by atoms with E-state index in [2.05, 4.69) is 32.0 Å². The highest BCUT2D eigenvalue weighted by Gasteiger charge is 2.19. The molecule has 3 aromatic rings. The summed E-state index contributed by atoms with van der Waals surface area (Å²) in [6, 6.07) is 7.28. The minimum Gasteiger partial charge on any atom is -0.480 e. The summed E-state index contributed by atoms with van der Waals surface area (Å²) in [5.74, 6) is 1.27. The summed E-state index contributed by atoms with van der Waals surface area (Å²) in [7, 11) is 1.68. The number of likely N-dealkylation sites (N-methyl/N-ethyl adjacent to an activating group) is 1. The van der Waals surface area contributed by atoms with E-state index in [1.54, 1.807) is 19.3 Å². The number of Topliss-reactive ketones (excluding diaryl/α,β-unsaturated/α-hetero) is 1. The number of pyridine rings is 1. The van der Waals surface area contributed by atoms with Gasteiger partial charge in [0.1, 0.15) is 11.6 Å². The number of halogens is 1. The standard InChI is InChI=1S/C25H31ClN6O3/c1-4-6-19(33)16-35-22-14-17-13-18(7-8-21(17)30(3)24(22)34)28-23-20(26)15-27-25(29-23)32-11-9-31(5-2)10-12-32/h7-8,13-15H,4-6,9-12,16H2,1-3H3,(H,27,28,29). The Morgan fingerprint density at radius 1 is 1.17 bits per heavy atom. The summed E-state index contributed by atoms with van der Waals surface area (Å²) in [4.78, 5) is 38.2. The molecule has 9 nitrogen and oxygen atoms in total. The maximum Gasteiger partial charge on any atom is 0.293 e. The van der Waals surface area contributed by atoms with Crippen LogP contribution < -0.4 is 20.5 Å². The van der Waals surface area contributed by atoms with Gasteiger partial charge in [0.05, 0.1) is 11.7 Å². The molecular weight excluding hydrogens is 468 g/mol. The third-order valence-corrected chi connectivity index (χ3v) is 6.48. The van der Waals surface area contributed by atoms with Crippen molar-refractivity contribution < 1.29 is 9.53 Å². The average Bonchev–Trinajstić information content (AvgIpc) is 2.87. The molecule has 0 unspecified atom stereocenters. The lowest BCUT2D eigenvalue weighted by Gasteiger charge is -2.34. The topological polar surface area (TPSA) is 92.6 Å². The molecule has 0 amide bonds. The van der Waals surface area contributed by atoms with Gasteiger partial charge in [-0.2, -0.15) is 4.98 Å². The van der Waals surface area contributed by atoms with Crippen molar-refractivity contribution in [2.75, 3.05) is 49.5 Å². The fraction of sp³-hybridized carbons (Fsp3) is 0.440. The molecule has 35 heavy (non-hydrogen) atoms. The van der Waals surface area contributed by atoms with Gasteiger partial charge in [-0.3, -0.25) is 9.59 Å². The lowest BCUT2D eigenvalue weighted by Crippen LogP contribution is -2.46. The molecule has 0 saturated carbocycles. The number of carbonyl (C=O) groups excluding carboxylic acids is 1. The predicted molar refractivity (Wildman–Crippen MR) is 139 cm³/mol. The van der Waals surface area contributed by atoms with Crippen molar-refractivity contribution in [3.63, 3.8) is 0 Å². The van der Waals surface area contributed by atoms with Crippen LogP contribution >= 0.6 is 11.6 Å². The first-order valence-electron chi connectivity index (χ1n) is 11.9. The van der Waals surface area contributed by atoms with E-state index in [0.717, 1.165) is 55.7 Å². The Balaban J connectivity index is 1.57. The Kier molecular flexibility index (Phi) is 7.87. The molecule has 0 radical (unpaired) electrons. The number of fused-ring (bicyclic) bond motifs is 1. The van der Waals surface area contributed by atoms with Crippen molar-refractivity contribution in [3.05, 3.63) is 45.8 Å². The molecule has 0 bridgehead atoms. The summed E-state index contributed by atoms with van der Waals surface area (Å²) in [6.07, 6.45) is 2.79. The van der Waals surface area contributed by atoms with Gasteiger partial charge in [0, 0.05) is 50.7 Å². The fourth-order valence-corrected chi connectivity index (χ4v) is 4.28. The van der Waals surface area contributed by atoms with E-state index in [-0.39, 0.29) is 23.7 Å². The molecule has 1 aliphatic heterocycles. The van der Waals surface area contributed by atoms with E-state index < -0.39 is 0 Å².